The van der Waals surface area contributed by atoms with E-state index in [1.165, 1.54) is 0 Å². The molecule has 0 aliphatic carbocycles. The van der Waals surface area contributed by atoms with Crippen LogP contribution in [0.15, 0.2) is 12.2 Å². The maximum absolute atomic E-state index is 5.61. The van der Waals surface area contributed by atoms with Gasteiger partial charge in [-0.2, -0.15) is 0 Å². The Labute approximate surface area is 49.8 Å². The van der Waals surface area contributed by atoms with Crippen LogP contribution in [0.1, 0.15) is 6.42 Å². The number of hydrogen-bond acceptors (Lipinski definition) is 2. The average molecular weight is 112 g/mol. The molecule has 1 rings (SSSR count). The van der Waals surface area contributed by atoms with Gasteiger partial charge in [-0.3, -0.25) is 0 Å². The Morgan fingerprint density at radius 2 is 2.50 bits per heavy atom. The van der Waals surface area contributed by atoms with Crippen molar-refractivity contribution in [1.82, 2.24) is 5.32 Å². The van der Waals surface area contributed by atoms with Crippen molar-refractivity contribution < 1.29 is 0 Å². The molecule has 3 N–H and O–H groups in total. The van der Waals surface area contributed by atoms with Crippen LogP contribution in [0.5, 0.6) is 0 Å². The van der Waals surface area contributed by atoms with Crippen molar-refractivity contribution in [3.8, 4) is 0 Å². The van der Waals surface area contributed by atoms with Gasteiger partial charge in [0.1, 0.15) is 0 Å². The lowest BCUT2D eigenvalue weighted by Gasteiger charge is -2.00. The van der Waals surface area contributed by atoms with E-state index in [4.69, 9.17) is 5.73 Å². The molecular weight excluding hydrogens is 100 g/mol. The molecule has 0 aromatic carbocycles. The van der Waals surface area contributed by atoms with E-state index < -0.39 is 0 Å². The Kier molecular flexibility index (Phi) is 2.06. The lowest BCUT2D eigenvalue weighted by molar-refractivity contribution is 0.667. The first-order chi connectivity index (χ1) is 3.89. The van der Waals surface area contributed by atoms with E-state index >= 15 is 0 Å². The number of nitrogens with two attached hydrogens (primary N) is 1. The molecule has 0 amide bonds. The predicted molar refractivity (Wildman–Crippen MR) is 34.6 cm³/mol. The standard InChI is InChI=1S/C6H12N2/c7-6-2-1-4-8-5-3-6/h1-2,6,8H,3-5,7H2. The molecule has 0 fully saturated rings. The minimum atomic E-state index is 0.282. The highest BCUT2D eigenvalue weighted by atomic mass is 14.9. The summed E-state index contributed by atoms with van der Waals surface area (Å²) in [5.41, 5.74) is 5.61. The SMILES string of the molecule is NC1C=CCNCC1. The highest BCUT2D eigenvalue weighted by Gasteiger charge is 1.98. The Morgan fingerprint density at radius 3 is 3.38 bits per heavy atom. The van der Waals surface area contributed by atoms with Crippen LogP contribution >= 0.6 is 0 Å². The van der Waals surface area contributed by atoms with Gasteiger partial charge in [0, 0.05) is 12.6 Å². The normalized spacial score (nSPS) is 29.9. The average Bonchev–Trinajstić information content (AvgIpc) is 1.94. The minimum Gasteiger partial charge on any atom is -0.324 e. The second-order valence-corrected chi connectivity index (χ2v) is 2.08. The van der Waals surface area contributed by atoms with E-state index in [-0.39, 0.29) is 6.04 Å². The molecule has 1 atom stereocenters. The highest BCUT2D eigenvalue weighted by molar-refractivity contribution is 4.95. The van der Waals surface area contributed by atoms with E-state index in [0.717, 1.165) is 19.5 Å². The van der Waals surface area contributed by atoms with Crippen molar-refractivity contribution in [1.29, 1.82) is 0 Å². The first-order valence-corrected chi connectivity index (χ1v) is 3.02. The van der Waals surface area contributed by atoms with Crippen molar-refractivity contribution in [2.24, 2.45) is 5.73 Å². The van der Waals surface area contributed by atoms with Crippen LogP contribution in [0.3, 0.4) is 0 Å². The van der Waals surface area contributed by atoms with Crippen LogP contribution in [-0.4, -0.2) is 19.1 Å². The third-order valence-electron chi connectivity index (χ3n) is 1.30. The smallest absolute Gasteiger partial charge is 0.0236 e. The van der Waals surface area contributed by atoms with Gasteiger partial charge in [0.2, 0.25) is 0 Å². The quantitative estimate of drug-likeness (QED) is 0.428. The molecule has 0 aromatic heterocycles. The maximum atomic E-state index is 5.61. The van der Waals surface area contributed by atoms with Crippen molar-refractivity contribution in [3.63, 3.8) is 0 Å². The van der Waals surface area contributed by atoms with Gasteiger partial charge in [0.05, 0.1) is 0 Å². The van der Waals surface area contributed by atoms with Crippen molar-refractivity contribution in [2.75, 3.05) is 13.1 Å². The molecule has 8 heavy (non-hydrogen) atoms. The van der Waals surface area contributed by atoms with E-state index in [9.17, 15) is 0 Å². The predicted octanol–water partition coefficient (Wildman–Crippen LogP) is -0.137. The summed E-state index contributed by atoms with van der Waals surface area (Å²) in [5, 5.41) is 3.21. The number of hydrogen-bond donors (Lipinski definition) is 2. The summed E-state index contributed by atoms with van der Waals surface area (Å²) in [6.45, 7) is 2.03. The molecule has 1 heterocycles. The van der Waals surface area contributed by atoms with Crippen LogP contribution in [0.4, 0.5) is 0 Å². The summed E-state index contributed by atoms with van der Waals surface area (Å²) in [6.07, 6.45) is 5.20. The highest BCUT2D eigenvalue weighted by Crippen LogP contribution is 1.91. The van der Waals surface area contributed by atoms with Gasteiger partial charge in [0.15, 0.2) is 0 Å². The molecular formula is C6H12N2. The van der Waals surface area contributed by atoms with Gasteiger partial charge in [0.25, 0.3) is 0 Å². The lowest BCUT2D eigenvalue weighted by Crippen LogP contribution is -2.21. The Bertz CT molecular complexity index is 88.5. The second kappa shape index (κ2) is 2.84. The van der Waals surface area contributed by atoms with Gasteiger partial charge in [-0.15, -0.1) is 0 Å². The summed E-state index contributed by atoms with van der Waals surface area (Å²) in [5.74, 6) is 0. The molecule has 0 radical (unpaired) electrons. The molecule has 0 spiro atoms. The van der Waals surface area contributed by atoms with Gasteiger partial charge in [-0.25, -0.2) is 0 Å². The third kappa shape index (κ3) is 1.64. The van der Waals surface area contributed by atoms with E-state index in [1.54, 1.807) is 0 Å². The van der Waals surface area contributed by atoms with Crippen molar-refractivity contribution in [2.45, 2.75) is 12.5 Å². The fourth-order valence-corrected chi connectivity index (χ4v) is 0.793. The van der Waals surface area contributed by atoms with Gasteiger partial charge in [-0.1, -0.05) is 12.2 Å². The molecule has 0 saturated heterocycles. The number of rotatable bonds is 0. The van der Waals surface area contributed by atoms with Crippen LogP contribution in [0, 0.1) is 0 Å². The van der Waals surface area contributed by atoms with E-state index in [2.05, 4.69) is 17.5 Å². The second-order valence-electron chi connectivity index (χ2n) is 2.08. The van der Waals surface area contributed by atoms with Crippen molar-refractivity contribution >= 4 is 0 Å². The third-order valence-corrected chi connectivity index (χ3v) is 1.30. The molecule has 1 aliphatic heterocycles. The molecule has 1 aliphatic rings. The van der Waals surface area contributed by atoms with Crippen LogP contribution in [0.2, 0.25) is 0 Å². The zero-order valence-electron chi connectivity index (χ0n) is 4.93. The van der Waals surface area contributed by atoms with E-state index in [0.29, 0.717) is 0 Å². The fraction of sp³-hybridized carbons (Fsp3) is 0.667. The van der Waals surface area contributed by atoms with Crippen LogP contribution in [-0.2, 0) is 0 Å². The zero-order valence-corrected chi connectivity index (χ0v) is 4.93. The van der Waals surface area contributed by atoms with Crippen molar-refractivity contribution in [3.05, 3.63) is 12.2 Å². The Morgan fingerprint density at radius 1 is 1.62 bits per heavy atom. The first kappa shape index (κ1) is 5.79. The zero-order chi connectivity index (χ0) is 5.82. The monoisotopic (exact) mass is 112 g/mol. The maximum Gasteiger partial charge on any atom is 0.0236 e. The number of nitrogens with one attached hydrogen (secondary N) is 1. The fourth-order valence-electron chi connectivity index (χ4n) is 0.793. The molecule has 0 saturated carbocycles. The largest absolute Gasteiger partial charge is 0.324 e. The summed E-state index contributed by atoms with van der Waals surface area (Å²) in [7, 11) is 0. The van der Waals surface area contributed by atoms with Gasteiger partial charge < -0.3 is 11.1 Å². The van der Waals surface area contributed by atoms with Crippen LogP contribution < -0.4 is 11.1 Å². The molecule has 46 valence electrons. The first-order valence-electron chi connectivity index (χ1n) is 3.02. The van der Waals surface area contributed by atoms with Gasteiger partial charge in [-0.05, 0) is 13.0 Å². The van der Waals surface area contributed by atoms with E-state index in [1.807, 2.05) is 0 Å². The molecule has 1 unspecified atom stereocenters. The summed E-state index contributed by atoms with van der Waals surface area (Å²) < 4.78 is 0. The Hall–Kier alpha value is -0.340. The molecule has 2 heteroatoms. The summed E-state index contributed by atoms with van der Waals surface area (Å²) in [6, 6.07) is 0.282. The summed E-state index contributed by atoms with van der Waals surface area (Å²) >= 11 is 0. The minimum absolute atomic E-state index is 0.282. The van der Waals surface area contributed by atoms with Gasteiger partial charge >= 0.3 is 0 Å². The summed E-state index contributed by atoms with van der Waals surface area (Å²) in [4.78, 5) is 0. The Balaban J connectivity index is 2.33. The molecule has 2 nitrogen and oxygen atoms in total. The molecule has 0 bridgehead atoms. The topological polar surface area (TPSA) is 38.0 Å². The lowest BCUT2D eigenvalue weighted by atomic mass is 10.2. The molecule has 0 aromatic rings. The van der Waals surface area contributed by atoms with Crippen LogP contribution in [0.25, 0.3) is 0 Å².